The molecule has 0 radical (unpaired) electrons. The summed E-state index contributed by atoms with van der Waals surface area (Å²) in [7, 11) is 0. The molecule has 0 N–H and O–H groups in total. The predicted molar refractivity (Wildman–Crippen MR) is 31.8 cm³/mol. The van der Waals surface area contributed by atoms with E-state index in [0.29, 0.717) is 12.1 Å². The smallest absolute Gasteiger partial charge is 0.142 e. The van der Waals surface area contributed by atoms with Crippen molar-refractivity contribution in [3.8, 4) is 0 Å². The molecule has 0 bridgehead atoms. The minimum atomic E-state index is -0.889. The van der Waals surface area contributed by atoms with Crippen molar-refractivity contribution in [2.45, 2.75) is 19.0 Å². The summed E-state index contributed by atoms with van der Waals surface area (Å²) in [5, 5.41) is 0. The van der Waals surface area contributed by atoms with Crippen molar-refractivity contribution in [1.29, 1.82) is 0 Å². The molecule has 0 saturated carbocycles. The van der Waals surface area contributed by atoms with Crippen molar-refractivity contribution in [2.24, 2.45) is 4.99 Å². The molecule has 0 unspecified atom stereocenters. The van der Waals surface area contributed by atoms with Gasteiger partial charge in [-0.3, -0.25) is 4.99 Å². The number of halogens is 1. The van der Waals surface area contributed by atoms with Crippen LogP contribution >= 0.6 is 0 Å². The molecule has 1 atom stereocenters. The molecule has 0 spiro atoms. The van der Waals surface area contributed by atoms with Crippen LogP contribution in [0, 0.1) is 0 Å². The van der Waals surface area contributed by atoms with Crippen LogP contribution in [0.4, 0.5) is 4.39 Å². The number of hydrogen-bond acceptors (Lipinski definition) is 1. The lowest BCUT2D eigenvalue weighted by Crippen LogP contribution is -2.06. The van der Waals surface area contributed by atoms with Gasteiger partial charge >= 0.3 is 0 Å². The molecule has 0 aromatic heterocycles. The van der Waals surface area contributed by atoms with Crippen LogP contribution in [-0.2, 0) is 0 Å². The van der Waals surface area contributed by atoms with Crippen molar-refractivity contribution in [1.82, 2.24) is 0 Å². The van der Waals surface area contributed by atoms with Gasteiger partial charge in [0, 0.05) is 6.21 Å². The van der Waals surface area contributed by atoms with E-state index >= 15 is 0 Å². The molecule has 1 heterocycles. The highest BCUT2D eigenvalue weighted by Gasteiger charge is 2.11. The SMILES string of the molecule is C=C1N=CCC[C@@H]1F. The quantitative estimate of drug-likeness (QED) is 0.453. The Bertz CT molecular complexity index is 128. The van der Waals surface area contributed by atoms with Gasteiger partial charge in [-0.15, -0.1) is 0 Å². The molecule has 0 aromatic carbocycles. The molecule has 8 heavy (non-hydrogen) atoms. The third-order valence-corrected chi connectivity index (χ3v) is 1.17. The molecule has 0 saturated heterocycles. The first-order chi connectivity index (χ1) is 3.80. The minimum absolute atomic E-state index is 0.372. The Labute approximate surface area is 47.9 Å². The van der Waals surface area contributed by atoms with E-state index in [4.69, 9.17) is 0 Å². The van der Waals surface area contributed by atoms with E-state index in [1.807, 2.05) is 0 Å². The van der Waals surface area contributed by atoms with Crippen LogP contribution in [0.3, 0.4) is 0 Å². The normalized spacial score (nSPS) is 28.6. The fourth-order valence-electron chi connectivity index (χ4n) is 0.650. The molecule has 44 valence electrons. The van der Waals surface area contributed by atoms with Crippen LogP contribution in [0.25, 0.3) is 0 Å². The molecular formula is C6H8FN. The maximum absolute atomic E-state index is 12.4. The summed E-state index contributed by atoms with van der Waals surface area (Å²) in [6.45, 7) is 3.42. The van der Waals surface area contributed by atoms with Gasteiger partial charge < -0.3 is 0 Å². The zero-order chi connectivity index (χ0) is 5.98. The third-order valence-electron chi connectivity index (χ3n) is 1.17. The first kappa shape index (κ1) is 5.48. The van der Waals surface area contributed by atoms with Gasteiger partial charge in [-0.2, -0.15) is 0 Å². The van der Waals surface area contributed by atoms with Crippen molar-refractivity contribution < 1.29 is 4.39 Å². The van der Waals surface area contributed by atoms with Gasteiger partial charge in [-0.25, -0.2) is 4.39 Å². The zero-order valence-electron chi connectivity index (χ0n) is 4.60. The van der Waals surface area contributed by atoms with Crippen molar-refractivity contribution in [3.63, 3.8) is 0 Å². The number of hydrogen-bond donors (Lipinski definition) is 0. The fraction of sp³-hybridized carbons (Fsp3) is 0.500. The van der Waals surface area contributed by atoms with Gasteiger partial charge in [0.15, 0.2) is 0 Å². The molecule has 1 nitrogen and oxygen atoms in total. The molecule has 0 fully saturated rings. The maximum Gasteiger partial charge on any atom is 0.142 e. The zero-order valence-corrected chi connectivity index (χ0v) is 4.60. The maximum atomic E-state index is 12.4. The van der Waals surface area contributed by atoms with E-state index in [-0.39, 0.29) is 0 Å². The van der Waals surface area contributed by atoms with Gasteiger partial charge in [-0.1, -0.05) is 6.58 Å². The summed E-state index contributed by atoms with van der Waals surface area (Å²) in [5.41, 5.74) is 0.372. The van der Waals surface area contributed by atoms with Crippen LogP contribution in [0.15, 0.2) is 17.3 Å². The molecule has 1 aliphatic rings. The average molecular weight is 113 g/mol. The van der Waals surface area contributed by atoms with E-state index in [1.165, 1.54) is 0 Å². The van der Waals surface area contributed by atoms with Crippen molar-refractivity contribution in [3.05, 3.63) is 12.3 Å². The van der Waals surface area contributed by atoms with Crippen LogP contribution < -0.4 is 0 Å². The van der Waals surface area contributed by atoms with Crippen LogP contribution in [-0.4, -0.2) is 12.4 Å². The topological polar surface area (TPSA) is 12.4 Å². The molecule has 2 heteroatoms. The number of rotatable bonds is 0. The lowest BCUT2D eigenvalue weighted by atomic mass is 10.1. The first-order valence-corrected chi connectivity index (χ1v) is 2.66. The van der Waals surface area contributed by atoms with E-state index < -0.39 is 6.17 Å². The van der Waals surface area contributed by atoms with Gasteiger partial charge in [0.1, 0.15) is 6.17 Å². The Kier molecular flexibility index (Phi) is 1.42. The van der Waals surface area contributed by atoms with Gasteiger partial charge in [0.25, 0.3) is 0 Å². The highest BCUT2D eigenvalue weighted by Crippen LogP contribution is 2.15. The lowest BCUT2D eigenvalue weighted by molar-refractivity contribution is 0.359. The second kappa shape index (κ2) is 2.07. The summed E-state index contributed by atoms with van der Waals surface area (Å²) < 4.78 is 12.4. The molecule has 0 amide bonds. The van der Waals surface area contributed by atoms with Crippen molar-refractivity contribution >= 4 is 6.21 Å². The summed E-state index contributed by atoms with van der Waals surface area (Å²) in [4.78, 5) is 3.72. The molecule has 1 aliphatic heterocycles. The monoisotopic (exact) mass is 113 g/mol. The highest BCUT2D eigenvalue weighted by molar-refractivity contribution is 5.60. The summed E-state index contributed by atoms with van der Waals surface area (Å²) in [6, 6.07) is 0. The average Bonchev–Trinajstić information content (AvgIpc) is 1.77. The van der Waals surface area contributed by atoms with E-state index in [1.54, 1.807) is 6.21 Å². The van der Waals surface area contributed by atoms with Crippen LogP contribution in [0.5, 0.6) is 0 Å². The van der Waals surface area contributed by atoms with Gasteiger partial charge in [-0.05, 0) is 12.8 Å². The van der Waals surface area contributed by atoms with E-state index in [9.17, 15) is 4.39 Å². The largest absolute Gasteiger partial charge is 0.263 e. The number of nitrogens with zero attached hydrogens (tertiary/aromatic N) is 1. The first-order valence-electron chi connectivity index (χ1n) is 2.66. The Hall–Kier alpha value is -0.660. The lowest BCUT2D eigenvalue weighted by Gasteiger charge is -2.09. The predicted octanol–water partition coefficient (Wildman–Crippen LogP) is 1.70. The number of alkyl halides is 1. The van der Waals surface area contributed by atoms with E-state index in [0.717, 1.165) is 6.42 Å². The highest BCUT2D eigenvalue weighted by atomic mass is 19.1. The molecule has 1 rings (SSSR count). The fourth-order valence-corrected chi connectivity index (χ4v) is 0.650. The Morgan fingerprint density at radius 2 is 2.62 bits per heavy atom. The second-order valence-corrected chi connectivity index (χ2v) is 1.85. The molecule has 0 aliphatic carbocycles. The molecular weight excluding hydrogens is 105 g/mol. The third kappa shape index (κ3) is 0.941. The Balaban J connectivity index is 2.60. The number of allylic oxidation sites excluding steroid dienone is 1. The standard InChI is InChI=1S/C6H8FN/c1-5-6(7)3-2-4-8-5/h4,6H,1-3H2/t6-/m0/s1. The van der Waals surface area contributed by atoms with Crippen molar-refractivity contribution in [2.75, 3.05) is 0 Å². The summed E-state index contributed by atoms with van der Waals surface area (Å²) in [5.74, 6) is 0. The Morgan fingerprint density at radius 3 is 3.00 bits per heavy atom. The number of aliphatic imine (C=N–C) groups is 1. The van der Waals surface area contributed by atoms with E-state index in [2.05, 4.69) is 11.6 Å². The molecule has 0 aromatic rings. The summed E-state index contributed by atoms with van der Waals surface area (Å²) in [6.07, 6.45) is 2.13. The van der Waals surface area contributed by atoms with Crippen LogP contribution in [0.2, 0.25) is 0 Å². The van der Waals surface area contributed by atoms with Gasteiger partial charge in [0.05, 0.1) is 5.70 Å². The van der Waals surface area contributed by atoms with Crippen LogP contribution in [0.1, 0.15) is 12.8 Å². The Morgan fingerprint density at radius 1 is 1.88 bits per heavy atom. The van der Waals surface area contributed by atoms with Gasteiger partial charge in [0.2, 0.25) is 0 Å². The summed E-state index contributed by atoms with van der Waals surface area (Å²) >= 11 is 0. The second-order valence-electron chi connectivity index (χ2n) is 1.85. The minimum Gasteiger partial charge on any atom is -0.263 e.